The number of nitrogens with two attached hydrogens (primary N) is 1. The lowest BCUT2D eigenvalue weighted by Crippen LogP contribution is -2.31. The first-order valence-electron chi connectivity index (χ1n) is 4.38. The van der Waals surface area contributed by atoms with Crippen LogP contribution in [0.25, 0.3) is 0 Å². The third kappa shape index (κ3) is 3.77. The zero-order valence-corrected chi connectivity index (χ0v) is 8.70. The number of halogens is 1. The van der Waals surface area contributed by atoms with Crippen molar-refractivity contribution in [1.29, 1.82) is 0 Å². The van der Waals surface area contributed by atoms with Crippen LogP contribution in [0.4, 0.5) is 0 Å². The monoisotopic (exact) mass is 228 g/mol. The van der Waals surface area contributed by atoms with Gasteiger partial charge in [0, 0.05) is 6.42 Å². The van der Waals surface area contributed by atoms with Gasteiger partial charge in [0.25, 0.3) is 0 Å². The zero-order chi connectivity index (χ0) is 11.3. The van der Waals surface area contributed by atoms with Gasteiger partial charge < -0.3 is 15.6 Å². The molecule has 3 N–H and O–H groups in total. The number of carboxylic acid groups (broad SMARTS) is 1. The number of rotatable bonds is 5. The van der Waals surface area contributed by atoms with Gasteiger partial charge in [0.05, 0.1) is 11.6 Å². The Kier molecular flexibility index (Phi) is 4.39. The Balaban J connectivity index is 2.38. The fourth-order valence-electron chi connectivity index (χ4n) is 0.932. The van der Waals surface area contributed by atoms with Crippen LogP contribution in [0.3, 0.4) is 0 Å². The molecule has 0 amide bonds. The molecule has 0 heterocycles. The van der Waals surface area contributed by atoms with Gasteiger partial charge in [0.2, 0.25) is 0 Å². The standard InChI is InChI=1S/C10H11ClNO3/c11-7-3-1-2-4-9(7)15-6-5-8(12)10(13)14/h2-4,8H,5-6,12H2,(H,13,14). The van der Waals surface area contributed by atoms with Gasteiger partial charge in [-0.1, -0.05) is 17.7 Å². The highest BCUT2D eigenvalue weighted by molar-refractivity contribution is 6.32. The maximum Gasteiger partial charge on any atom is 0.320 e. The summed E-state index contributed by atoms with van der Waals surface area (Å²) in [5.41, 5.74) is 5.30. The van der Waals surface area contributed by atoms with Crippen molar-refractivity contribution in [3.8, 4) is 5.75 Å². The predicted octanol–water partition coefficient (Wildman–Crippen LogP) is 1.32. The molecule has 0 aliphatic carbocycles. The largest absolute Gasteiger partial charge is 0.492 e. The summed E-state index contributed by atoms with van der Waals surface area (Å²) in [5, 5.41) is 8.97. The van der Waals surface area contributed by atoms with Gasteiger partial charge in [-0.3, -0.25) is 4.79 Å². The Bertz CT molecular complexity index is 343. The fourth-order valence-corrected chi connectivity index (χ4v) is 1.11. The van der Waals surface area contributed by atoms with Crippen LogP contribution >= 0.6 is 11.6 Å². The van der Waals surface area contributed by atoms with Crippen molar-refractivity contribution >= 4 is 17.6 Å². The van der Waals surface area contributed by atoms with Crippen LogP contribution < -0.4 is 10.5 Å². The van der Waals surface area contributed by atoms with Gasteiger partial charge in [0.1, 0.15) is 11.8 Å². The van der Waals surface area contributed by atoms with Crippen LogP contribution in [-0.2, 0) is 4.79 Å². The molecule has 0 bridgehead atoms. The Morgan fingerprint density at radius 2 is 2.47 bits per heavy atom. The minimum atomic E-state index is -1.04. The van der Waals surface area contributed by atoms with Gasteiger partial charge >= 0.3 is 5.97 Å². The fraction of sp³-hybridized carbons (Fsp3) is 0.300. The van der Waals surface area contributed by atoms with Gasteiger partial charge in [-0.25, -0.2) is 0 Å². The number of ether oxygens (including phenoxy) is 1. The molecule has 0 aliphatic rings. The summed E-state index contributed by atoms with van der Waals surface area (Å²) in [7, 11) is 0. The molecule has 1 aromatic carbocycles. The molecule has 0 aliphatic heterocycles. The number of benzene rings is 1. The van der Waals surface area contributed by atoms with Crippen LogP contribution in [0.15, 0.2) is 18.2 Å². The number of carbonyl (C=O) groups is 1. The van der Waals surface area contributed by atoms with Crippen LogP contribution in [0, 0.1) is 6.07 Å². The second-order valence-corrected chi connectivity index (χ2v) is 3.35. The van der Waals surface area contributed by atoms with Crippen molar-refractivity contribution in [3.05, 3.63) is 29.3 Å². The highest BCUT2D eigenvalue weighted by Crippen LogP contribution is 2.22. The molecule has 0 saturated carbocycles. The molecule has 1 aromatic rings. The zero-order valence-electron chi connectivity index (χ0n) is 7.94. The normalized spacial score (nSPS) is 12.1. The van der Waals surface area contributed by atoms with Crippen molar-refractivity contribution in [2.75, 3.05) is 6.61 Å². The first-order valence-corrected chi connectivity index (χ1v) is 4.76. The molecule has 4 nitrogen and oxygen atoms in total. The predicted molar refractivity (Wildman–Crippen MR) is 56.0 cm³/mol. The highest BCUT2D eigenvalue weighted by Gasteiger charge is 2.11. The summed E-state index contributed by atoms with van der Waals surface area (Å²) in [5.74, 6) is -0.529. The van der Waals surface area contributed by atoms with Crippen LogP contribution in [-0.4, -0.2) is 23.7 Å². The van der Waals surface area contributed by atoms with E-state index in [4.69, 9.17) is 27.2 Å². The van der Waals surface area contributed by atoms with Crippen molar-refractivity contribution in [2.45, 2.75) is 12.5 Å². The minimum absolute atomic E-state index is 0.219. The summed E-state index contributed by atoms with van der Waals surface area (Å²) in [6.45, 7) is 0.219. The topological polar surface area (TPSA) is 72.5 Å². The molecule has 1 unspecified atom stereocenters. The third-order valence-corrected chi connectivity index (χ3v) is 2.08. The lowest BCUT2D eigenvalue weighted by molar-refractivity contribution is -0.138. The van der Waals surface area contributed by atoms with E-state index in [1.165, 1.54) is 0 Å². The minimum Gasteiger partial charge on any atom is -0.492 e. The van der Waals surface area contributed by atoms with E-state index in [0.717, 1.165) is 0 Å². The Labute approximate surface area is 92.6 Å². The molecule has 0 fully saturated rings. The Morgan fingerprint density at radius 3 is 3.07 bits per heavy atom. The van der Waals surface area contributed by atoms with E-state index in [-0.39, 0.29) is 13.0 Å². The van der Waals surface area contributed by atoms with Crippen molar-refractivity contribution in [1.82, 2.24) is 0 Å². The average molecular weight is 229 g/mol. The summed E-state index contributed by atoms with van der Waals surface area (Å²) in [6, 6.07) is 6.79. The van der Waals surface area contributed by atoms with Gasteiger partial charge in [-0.15, -0.1) is 0 Å². The molecular weight excluding hydrogens is 218 g/mol. The van der Waals surface area contributed by atoms with E-state index in [1.807, 2.05) is 0 Å². The molecule has 15 heavy (non-hydrogen) atoms. The molecule has 1 rings (SSSR count). The number of hydrogen-bond donors (Lipinski definition) is 2. The third-order valence-electron chi connectivity index (χ3n) is 1.78. The first kappa shape index (κ1) is 11.8. The van der Waals surface area contributed by atoms with Crippen LogP contribution in [0.2, 0.25) is 5.02 Å². The van der Waals surface area contributed by atoms with Crippen LogP contribution in [0.1, 0.15) is 6.42 Å². The SMILES string of the molecule is NC(CCOc1cc[c]cc1Cl)C(=O)O. The van der Waals surface area contributed by atoms with E-state index in [9.17, 15) is 4.79 Å². The van der Waals surface area contributed by atoms with Gasteiger partial charge in [-0.2, -0.15) is 0 Å². The van der Waals surface area contributed by atoms with E-state index in [1.54, 1.807) is 18.2 Å². The maximum atomic E-state index is 10.4. The molecule has 1 radical (unpaired) electrons. The molecular formula is C10H11ClNO3. The lowest BCUT2D eigenvalue weighted by Gasteiger charge is -2.09. The second kappa shape index (κ2) is 5.58. The summed E-state index contributed by atoms with van der Waals surface area (Å²) < 4.78 is 5.26. The number of carboxylic acids is 1. The number of hydrogen-bond acceptors (Lipinski definition) is 3. The molecule has 0 aromatic heterocycles. The highest BCUT2D eigenvalue weighted by atomic mass is 35.5. The smallest absolute Gasteiger partial charge is 0.320 e. The lowest BCUT2D eigenvalue weighted by atomic mass is 10.2. The van der Waals surface area contributed by atoms with E-state index in [2.05, 4.69) is 6.07 Å². The van der Waals surface area contributed by atoms with E-state index < -0.39 is 12.0 Å². The molecule has 5 heteroatoms. The molecule has 0 saturated heterocycles. The summed E-state index contributed by atoms with van der Waals surface area (Å²) >= 11 is 5.80. The van der Waals surface area contributed by atoms with Crippen molar-refractivity contribution in [2.24, 2.45) is 5.73 Å². The Hall–Kier alpha value is -1.26. The summed E-state index contributed by atoms with van der Waals surface area (Å²) in [4.78, 5) is 10.4. The second-order valence-electron chi connectivity index (χ2n) is 2.94. The van der Waals surface area contributed by atoms with Gasteiger partial charge in [0.15, 0.2) is 0 Å². The summed E-state index contributed by atoms with van der Waals surface area (Å²) in [6.07, 6.45) is 0.240. The Morgan fingerprint density at radius 1 is 1.73 bits per heavy atom. The quantitative estimate of drug-likeness (QED) is 0.797. The molecule has 0 spiro atoms. The van der Waals surface area contributed by atoms with Crippen LogP contribution in [0.5, 0.6) is 5.75 Å². The first-order chi connectivity index (χ1) is 7.11. The average Bonchev–Trinajstić information content (AvgIpc) is 2.20. The molecule has 81 valence electrons. The molecule has 1 atom stereocenters. The van der Waals surface area contributed by atoms with Crippen molar-refractivity contribution < 1.29 is 14.6 Å². The number of aliphatic carboxylic acids is 1. The maximum absolute atomic E-state index is 10.4. The van der Waals surface area contributed by atoms with Crippen molar-refractivity contribution in [3.63, 3.8) is 0 Å². The van der Waals surface area contributed by atoms with E-state index >= 15 is 0 Å². The van der Waals surface area contributed by atoms with Gasteiger partial charge in [-0.05, 0) is 18.2 Å². The van der Waals surface area contributed by atoms with E-state index in [0.29, 0.717) is 10.8 Å².